The molecule has 1 fully saturated rings. The van der Waals surface area contributed by atoms with E-state index in [-0.39, 0.29) is 17.5 Å². The van der Waals surface area contributed by atoms with Gasteiger partial charge in [-0.25, -0.2) is 8.78 Å². The lowest BCUT2D eigenvalue weighted by Gasteiger charge is -2.53. The molecule has 112 valence electrons. The first-order valence-corrected chi connectivity index (χ1v) is 6.52. The Labute approximate surface area is 115 Å². The van der Waals surface area contributed by atoms with Crippen LogP contribution in [0.1, 0.15) is 26.7 Å². The molecule has 0 amide bonds. The van der Waals surface area contributed by atoms with Crippen LogP contribution in [-0.4, -0.2) is 19.2 Å². The zero-order valence-corrected chi connectivity index (χ0v) is 11.6. The predicted molar refractivity (Wildman–Crippen MR) is 66.6 cm³/mol. The summed E-state index contributed by atoms with van der Waals surface area (Å²) in [5, 5.41) is 3.10. The van der Waals surface area contributed by atoms with Gasteiger partial charge >= 0.3 is 0 Å². The van der Waals surface area contributed by atoms with Gasteiger partial charge in [0.1, 0.15) is 6.10 Å². The van der Waals surface area contributed by atoms with E-state index in [2.05, 4.69) is 5.32 Å². The third-order valence-corrected chi connectivity index (χ3v) is 4.42. The Balaban J connectivity index is 2.28. The van der Waals surface area contributed by atoms with Gasteiger partial charge in [0.15, 0.2) is 17.4 Å². The molecule has 0 aliphatic heterocycles. The largest absolute Gasteiger partial charge is 0.484 e. The van der Waals surface area contributed by atoms with Gasteiger partial charge in [-0.1, -0.05) is 13.8 Å². The van der Waals surface area contributed by atoms with Crippen molar-refractivity contribution in [3.05, 3.63) is 29.3 Å². The van der Waals surface area contributed by atoms with Gasteiger partial charge in [0.25, 0.3) is 0 Å². The van der Waals surface area contributed by atoms with Crippen molar-refractivity contribution in [2.24, 2.45) is 5.41 Å². The first-order chi connectivity index (χ1) is 9.35. The maximum Gasteiger partial charge on any atom is 0.203 e. The predicted octanol–water partition coefficient (Wildman–Crippen LogP) is 3.40. The molecule has 0 radical (unpaired) electrons. The average molecular weight is 291 g/mol. The zero-order chi connectivity index (χ0) is 15.1. The lowest BCUT2D eigenvalue weighted by molar-refractivity contribution is -0.0714. The van der Waals surface area contributed by atoms with E-state index in [1.54, 1.807) is 7.05 Å². The minimum atomic E-state index is -1.49. The molecule has 0 saturated heterocycles. The molecule has 2 nitrogen and oxygen atoms in total. The second-order valence-electron chi connectivity index (χ2n) is 5.34. The van der Waals surface area contributed by atoms with Crippen LogP contribution in [0.4, 0.5) is 17.6 Å². The first-order valence-electron chi connectivity index (χ1n) is 6.52. The molecule has 2 rings (SSSR count). The summed E-state index contributed by atoms with van der Waals surface area (Å²) >= 11 is 0. The Morgan fingerprint density at radius 1 is 1.25 bits per heavy atom. The summed E-state index contributed by atoms with van der Waals surface area (Å²) in [6.45, 7) is 3.84. The maximum atomic E-state index is 13.6. The van der Waals surface area contributed by atoms with Crippen LogP contribution in [0.15, 0.2) is 6.07 Å². The Hall–Kier alpha value is -1.30. The van der Waals surface area contributed by atoms with E-state index in [4.69, 9.17) is 4.74 Å². The van der Waals surface area contributed by atoms with E-state index >= 15 is 0 Å². The zero-order valence-electron chi connectivity index (χ0n) is 11.6. The van der Waals surface area contributed by atoms with Crippen LogP contribution in [0.2, 0.25) is 0 Å². The highest BCUT2D eigenvalue weighted by Crippen LogP contribution is 2.46. The lowest BCUT2D eigenvalue weighted by Crippen LogP contribution is -2.62. The van der Waals surface area contributed by atoms with Gasteiger partial charge < -0.3 is 10.1 Å². The SMILES string of the molecule is CCC1(C)C(NC)CC1Oc1c(F)c(F)cc(F)c1F. The quantitative estimate of drug-likeness (QED) is 0.678. The molecule has 3 unspecified atom stereocenters. The molecular weight excluding hydrogens is 274 g/mol. The van der Waals surface area contributed by atoms with Crippen molar-refractivity contribution in [3.8, 4) is 5.75 Å². The summed E-state index contributed by atoms with van der Waals surface area (Å²) in [4.78, 5) is 0. The summed E-state index contributed by atoms with van der Waals surface area (Å²) in [5.74, 6) is -6.87. The minimum Gasteiger partial charge on any atom is -0.484 e. The highest BCUT2D eigenvalue weighted by Gasteiger charge is 2.52. The van der Waals surface area contributed by atoms with Crippen molar-refractivity contribution in [2.75, 3.05) is 7.05 Å². The fraction of sp³-hybridized carbons (Fsp3) is 0.571. The van der Waals surface area contributed by atoms with Gasteiger partial charge in [0.2, 0.25) is 11.6 Å². The molecule has 0 spiro atoms. The number of rotatable bonds is 4. The summed E-state index contributed by atoms with van der Waals surface area (Å²) < 4.78 is 58.7. The van der Waals surface area contributed by atoms with Crippen molar-refractivity contribution in [3.63, 3.8) is 0 Å². The fourth-order valence-electron chi connectivity index (χ4n) is 2.72. The number of hydrogen-bond acceptors (Lipinski definition) is 2. The van der Waals surface area contributed by atoms with Gasteiger partial charge in [0.05, 0.1) is 0 Å². The van der Waals surface area contributed by atoms with Crippen molar-refractivity contribution in [1.29, 1.82) is 0 Å². The monoisotopic (exact) mass is 291 g/mol. The number of nitrogens with one attached hydrogen (secondary N) is 1. The molecule has 1 N–H and O–H groups in total. The molecule has 0 aromatic heterocycles. The summed E-state index contributed by atoms with van der Waals surface area (Å²) in [5.41, 5.74) is -0.337. The van der Waals surface area contributed by atoms with Gasteiger partial charge in [-0.15, -0.1) is 0 Å². The van der Waals surface area contributed by atoms with Gasteiger partial charge in [0, 0.05) is 23.9 Å². The van der Waals surface area contributed by atoms with E-state index in [1.807, 2.05) is 13.8 Å². The van der Waals surface area contributed by atoms with Gasteiger partial charge in [-0.05, 0) is 13.5 Å². The van der Waals surface area contributed by atoms with Gasteiger partial charge in [-0.3, -0.25) is 0 Å². The summed E-state index contributed by atoms with van der Waals surface area (Å²) in [6.07, 6.45) is 0.748. The van der Waals surface area contributed by atoms with Crippen LogP contribution in [0, 0.1) is 28.7 Å². The van der Waals surface area contributed by atoms with Crippen LogP contribution < -0.4 is 10.1 Å². The summed E-state index contributed by atoms with van der Waals surface area (Å²) in [6, 6.07) is 0.315. The molecule has 1 aliphatic carbocycles. The average Bonchev–Trinajstić information content (AvgIpc) is 2.42. The highest BCUT2D eigenvalue weighted by molar-refractivity contribution is 5.29. The van der Waals surface area contributed by atoms with E-state index < -0.39 is 35.1 Å². The smallest absolute Gasteiger partial charge is 0.203 e. The number of hydrogen-bond donors (Lipinski definition) is 1. The molecule has 1 aromatic carbocycles. The van der Waals surface area contributed by atoms with E-state index in [9.17, 15) is 17.6 Å². The van der Waals surface area contributed by atoms with Crippen molar-refractivity contribution >= 4 is 0 Å². The Bertz CT molecular complexity index is 496. The number of halogens is 4. The molecule has 6 heteroatoms. The minimum absolute atomic E-state index is 0.141. The van der Waals surface area contributed by atoms with Crippen molar-refractivity contribution in [1.82, 2.24) is 5.32 Å². The molecule has 1 aliphatic rings. The first kappa shape index (κ1) is 15.1. The van der Waals surface area contributed by atoms with Crippen molar-refractivity contribution < 1.29 is 22.3 Å². The number of ether oxygens (including phenoxy) is 1. The molecule has 20 heavy (non-hydrogen) atoms. The van der Waals surface area contributed by atoms with Crippen LogP contribution in [0.3, 0.4) is 0 Å². The Morgan fingerprint density at radius 2 is 1.80 bits per heavy atom. The van der Waals surface area contributed by atoms with E-state index in [0.717, 1.165) is 0 Å². The van der Waals surface area contributed by atoms with E-state index in [1.165, 1.54) is 0 Å². The third kappa shape index (κ3) is 2.16. The fourth-order valence-corrected chi connectivity index (χ4v) is 2.72. The van der Waals surface area contributed by atoms with Gasteiger partial charge in [-0.2, -0.15) is 8.78 Å². The molecule has 0 bridgehead atoms. The molecular formula is C14H17F4NO. The Kier molecular flexibility index (Phi) is 3.95. The molecule has 3 atom stereocenters. The maximum absolute atomic E-state index is 13.6. The van der Waals surface area contributed by atoms with Crippen molar-refractivity contribution in [2.45, 2.75) is 38.8 Å². The van der Waals surface area contributed by atoms with Crippen LogP contribution in [0.5, 0.6) is 5.75 Å². The molecule has 0 heterocycles. The molecule has 1 saturated carbocycles. The number of benzene rings is 1. The van der Waals surface area contributed by atoms with E-state index in [0.29, 0.717) is 12.8 Å². The van der Waals surface area contributed by atoms with Crippen LogP contribution >= 0.6 is 0 Å². The van der Waals surface area contributed by atoms with Crippen LogP contribution in [-0.2, 0) is 0 Å². The third-order valence-electron chi connectivity index (χ3n) is 4.42. The second-order valence-corrected chi connectivity index (χ2v) is 5.34. The normalized spacial score (nSPS) is 29.1. The second kappa shape index (κ2) is 5.24. The highest BCUT2D eigenvalue weighted by atomic mass is 19.2. The summed E-state index contributed by atoms with van der Waals surface area (Å²) in [7, 11) is 1.79. The standard InChI is InChI=1S/C14H17F4NO/c1-4-14(2)9(19-3)6-10(14)20-13-11(17)7(15)5-8(16)12(13)18/h5,9-10,19H,4,6H2,1-3H3. The Morgan fingerprint density at radius 3 is 2.25 bits per heavy atom. The molecule has 1 aromatic rings. The lowest BCUT2D eigenvalue weighted by atomic mass is 9.61. The van der Waals surface area contributed by atoms with Crippen LogP contribution in [0.25, 0.3) is 0 Å². The topological polar surface area (TPSA) is 21.3 Å².